The first-order valence-corrected chi connectivity index (χ1v) is 9.75. The first-order valence-electron chi connectivity index (χ1n) is 8.31. The number of hydrogen-bond donors (Lipinski definition) is 2. The Morgan fingerprint density at radius 2 is 2.08 bits per heavy atom. The number of sulfonamides is 1. The predicted octanol–water partition coefficient (Wildman–Crippen LogP) is 0.199. The Balaban J connectivity index is 1.81. The predicted molar refractivity (Wildman–Crippen MR) is 90.8 cm³/mol. The van der Waals surface area contributed by atoms with Gasteiger partial charge in [0.2, 0.25) is 22.7 Å². The fraction of sp³-hybridized carbons (Fsp3) is 0.562. The quantitative estimate of drug-likeness (QED) is 0.767. The zero-order valence-electron chi connectivity index (χ0n) is 14.2. The van der Waals surface area contributed by atoms with E-state index in [2.05, 4.69) is 5.32 Å². The van der Waals surface area contributed by atoms with E-state index in [1.165, 1.54) is 10.4 Å². The summed E-state index contributed by atoms with van der Waals surface area (Å²) in [6, 6.07) is 3.18. The number of amides is 1. The summed E-state index contributed by atoms with van der Waals surface area (Å²) in [7, 11) is -3.71. The molecule has 9 heteroatoms. The smallest absolute Gasteiger partial charge is 0.243 e. The number of hydrogen-bond acceptors (Lipinski definition) is 6. The van der Waals surface area contributed by atoms with Crippen molar-refractivity contribution in [2.24, 2.45) is 11.7 Å². The lowest BCUT2D eigenvalue weighted by Gasteiger charge is -2.31. The maximum Gasteiger partial charge on any atom is 0.243 e. The van der Waals surface area contributed by atoms with Crippen molar-refractivity contribution in [3.05, 3.63) is 17.7 Å². The van der Waals surface area contributed by atoms with Crippen LogP contribution in [0, 0.1) is 12.8 Å². The molecule has 3 N–H and O–H groups in total. The largest absolute Gasteiger partial charge is 0.454 e. The number of rotatable bonds is 5. The third kappa shape index (κ3) is 3.58. The Bertz CT molecular complexity index is 765. The third-order valence-corrected chi connectivity index (χ3v) is 6.49. The second-order valence-corrected chi connectivity index (χ2v) is 8.16. The second-order valence-electron chi connectivity index (χ2n) is 6.25. The lowest BCUT2D eigenvalue weighted by Crippen LogP contribution is -2.46. The van der Waals surface area contributed by atoms with Gasteiger partial charge < -0.3 is 20.5 Å². The summed E-state index contributed by atoms with van der Waals surface area (Å²) in [5, 5.41) is 2.74. The lowest BCUT2D eigenvalue weighted by molar-refractivity contribution is -0.126. The van der Waals surface area contributed by atoms with Crippen LogP contribution in [0.3, 0.4) is 0 Å². The molecule has 1 aromatic rings. The molecular formula is C16H23N3O5S. The molecule has 138 valence electrons. The van der Waals surface area contributed by atoms with Crippen LogP contribution in [0.5, 0.6) is 11.5 Å². The van der Waals surface area contributed by atoms with E-state index < -0.39 is 10.0 Å². The van der Waals surface area contributed by atoms with Gasteiger partial charge in [0.25, 0.3) is 0 Å². The number of ether oxygens (including phenoxy) is 2. The summed E-state index contributed by atoms with van der Waals surface area (Å²) in [4.78, 5) is 12.4. The maximum atomic E-state index is 13.1. The molecule has 1 amide bonds. The molecular weight excluding hydrogens is 346 g/mol. The Kier molecular flexibility index (Phi) is 5.16. The third-order valence-electron chi connectivity index (χ3n) is 4.49. The molecule has 0 radical (unpaired) electrons. The van der Waals surface area contributed by atoms with Crippen LogP contribution in [0.25, 0.3) is 0 Å². The number of carbonyl (C=O) groups is 1. The number of nitrogens with one attached hydrogen (secondary N) is 1. The van der Waals surface area contributed by atoms with Gasteiger partial charge in [0, 0.05) is 32.2 Å². The van der Waals surface area contributed by atoms with Crippen LogP contribution >= 0.6 is 0 Å². The molecule has 2 aliphatic rings. The highest BCUT2D eigenvalue weighted by atomic mass is 32.2. The van der Waals surface area contributed by atoms with Crippen molar-refractivity contribution in [2.45, 2.75) is 24.7 Å². The Hall–Kier alpha value is -1.84. The van der Waals surface area contributed by atoms with Gasteiger partial charge in [0.05, 0.1) is 10.8 Å². The molecule has 0 saturated carbocycles. The summed E-state index contributed by atoms with van der Waals surface area (Å²) in [6.45, 7) is 3.14. The van der Waals surface area contributed by atoms with Crippen LogP contribution in [0.2, 0.25) is 0 Å². The van der Waals surface area contributed by atoms with Crippen molar-refractivity contribution in [3.63, 3.8) is 0 Å². The lowest BCUT2D eigenvalue weighted by atomic mass is 9.99. The van der Waals surface area contributed by atoms with Crippen LogP contribution in [0.15, 0.2) is 17.0 Å². The molecule has 25 heavy (non-hydrogen) atoms. The molecule has 0 aromatic heterocycles. The number of nitrogens with two attached hydrogens (primary N) is 1. The zero-order chi connectivity index (χ0) is 18.0. The molecule has 2 aliphatic heterocycles. The molecule has 2 heterocycles. The number of piperidine rings is 1. The van der Waals surface area contributed by atoms with E-state index in [1.807, 2.05) is 0 Å². The van der Waals surface area contributed by atoms with E-state index in [-0.39, 0.29) is 30.1 Å². The minimum atomic E-state index is -3.71. The fourth-order valence-electron chi connectivity index (χ4n) is 3.16. The van der Waals surface area contributed by atoms with Crippen LogP contribution in [0.4, 0.5) is 0 Å². The second kappa shape index (κ2) is 7.19. The van der Waals surface area contributed by atoms with Crippen LogP contribution in [0.1, 0.15) is 18.4 Å². The van der Waals surface area contributed by atoms with Gasteiger partial charge in [-0.05, 0) is 31.4 Å². The van der Waals surface area contributed by atoms with Gasteiger partial charge in [-0.3, -0.25) is 4.79 Å². The van der Waals surface area contributed by atoms with Crippen LogP contribution < -0.4 is 20.5 Å². The van der Waals surface area contributed by atoms with Crippen molar-refractivity contribution in [1.82, 2.24) is 9.62 Å². The van der Waals surface area contributed by atoms with Crippen LogP contribution in [-0.4, -0.2) is 51.6 Å². The molecule has 1 atom stereocenters. The van der Waals surface area contributed by atoms with E-state index >= 15 is 0 Å². The molecule has 1 saturated heterocycles. The molecule has 0 aliphatic carbocycles. The number of benzene rings is 1. The minimum Gasteiger partial charge on any atom is -0.454 e. The summed E-state index contributed by atoms with van der Waals surface area (Å²) >= 11 is 0. The Morgan fingerprint density at radius 3 is 2.80 bits per heavy atom. The maximum absolute atomic E-state index is 13.1. The summed E-state index contributed by atoms with van der Waals surface area (Å²) in [5.41, 5.74) is 5.99. The number of aryl methyl sites for hydroxylation is 1. The van der Waals surface area contributed by atoms with E-state index in [1.54, 1.807) is 13.0 Å². The molecule has 1 aromatic carbocycles. The average Bonchev–Trinajstić information content (AvgIpc) is 3.06. The Labute approximate surface area is 147 Å². The van der Waals surface area contributed by atoms with Gasteiger partial charge in [-0.15, -0.1) is 0 Å². The van der Waals surface area contributed by atoms with Gasteiger partial charge in [0.15, 0.2) is 11.5 Å². The Morgan fingerprint density at radius 1 is 1.36 bits per heavy atom. The first-order chi connectivity index (χ1) is 11.9. The van der Waals surface area contributed by atoms with Gasteiger partial charge in [-0.1, -0.05) is 0 Å². The summed E-state index contributed by atoms with van der Waals surface area (Å²) in [5.74, 6) is 0.477. The highest BCUT2D eigenvalue weighted by Crippen LogP contribution is 2.37. The monoisotopic (exact) mass is 369 g/mol. The number of fused-ring (bicyclic) bond motifs is 1. The van der Waals surface area contributed by atoms with Gasteiger partial charge in [-0.2, -0.15) is 4.31 Å². The van der Waals surface area contributed by atoms with Crippen molar-refractivity contribution >= 4 is 15.9 Å². The highest BCUT2D eigenvalue weighted by molar-refractivity contribution is 7.89. The average molecular weight is 369 g/mol. The normalized spacial score (nSPS) is 20.5. The fourth-order valence-corrected chi connectivity index (χ4v) is 4.90. The minimum absolute atomic E-state index is 0.0887. The van der Waals surface area contributed by atoms with Crippen molar-refractivity contribution in [2.75, 3.05) is 33.0 Å². The molecule has 1 unspecified atom stereocenters. The molecule has 0 bridgehead atoms. The molecule has 3 rings (SSSR count). The number of nitrogens with zero attached hydrogens (tertiary/aromatic N) is 1. The topological polar surface area (TPSA) is 111 Å². The highest BCUT2D eigenvalue weighted by Gasteiger charge is 2.35. The van der Waals surface area contributed by atoms with E-state index in [4.69, 9.17) is 15.2 Å². The summed E-state index contributed by atoms with van der Waals surface area (Å²) < 4.78 is 38.1. The van der Waals surface area contributed by atoms with Gasteiger partial charge in [0.1, 0.15) is 0 Å². The van der Waals surface area contributed by atoms with Crippen molar-refractivity contribution < 1.29 is 22.7 Å². The molecule has 8 nitrogen and oxygen atoms in total. The molecule has 1 fully saturated rings. The molecule has 0 spiro atoms. The SMILES string of the molecule is Cc1cc2c(cc1S(=O)(=O)N1CCCC(C(=O)NCCN)C1)OCO2. The zero-order valence-corrected chi connectivity index (χ0v) is 15.0. The standard InChI is InChI=1S/C16H23N3O5S/c1-11-7-13-14(24-10-23-13)8-15(11)25(21,22)19-6-2-3-12(9-19)16(20)18-5-4-17/h7-8,12H,2-6,9-10,17H2,1H3,(H,18,20). The van der Waals surface area contributed by atoms with E-state index in [0.29, 0.717) is 49.5 Å². The first kappa shape index (κ1) is 18.0. The number of carbonyl (C=O) groups excluding carboxylic acids is 1. The summed E-state index contributed by atoms with van der Waals surface area (Å²) in [6.07, 6.45) is 1.31. The van der Waals surface area contributed by atoms with Crippen LogP contribution in [-0.2, 0) is 14.8 Å². The van der Waals surface area contributed by atoms with Gasteiger partial charge in [-0.25, -0.2) is 8.42 Å². The van der Waals surface area contributed by atoms with E-state index in [0.717, 1.165) is 0 Å². The van der Waals surface area contributed by atoms with Crippen molar-refractivity contribution in [3.8, 4) is 11.5 Å². The van der Waals surface area contributed by atoms with E-state index in [9.17, 15) is 13.2 Å². The van der Waals surface area contributed by atoms with Gasteiger partial charge >= 0.3 is 0 Å². The van der Waals surface area contributed by atoms with Crippen molar-refractivity contribution in [1.29, 1.82) is 0 Å².